The van der Waals surface area contributed by atoms with Crippen molar-refractivity contribution in [3.63, 3.8) is 0 Å². The van der Waals surface area contributed by atoms with Crippen molar-refractivity contribution in [3.8, 4) is 0 Å². The minimum absolute atomic E-state index is 0.158. The lowest BCUT2D eigenvalue weighted by atomic mass is 9.95. The van der Waals surface area contributed by atoms with E-state index in [2.05, 4.69) is 9.97 Å². The number of aryl methyl sites for hydroxylation is 1. The maximum atomic E-state index is 12.7. The molecule has 1 aliphatic heterocycles. The average Bonchev–Trinajstić information content (AvgIpc) is 2.78. The predicted octanol–water partition coefficient (Wildman–Crippen LogP) is 0.667. The van der Waals surface area contributed by atoms with E-state index in [0.29, 0.717) is 12.3 Å². The third-order valence-electron chi connectivity index (χ3n) is 4.09. The number of likely N-dealkylation sites (tertiary alicyclic amines) is 1. The zero-order chi connectivity index (χ0) is 15.1. The van der Waals surface area contributed by atoms with E-state index in [9.17, 15) is 14.7 Å². The smallest absolute Gasteiger partial charge is 0.262 e. The molecule has 0 saturated carbocycles. The van der Waals surface area contributed by atoms with Crippen LogP contribution in [0, 0.1) is 12.8 Å². The van der Waals surface area contributed by atoms with Crippen molar-refractivity contribution in [2.24, 2.45) is 5.92 Å². The molecule has 1 saturated heterocycles. The molecule has 21 heavy (non-hydrogen) atoms. The van der Waals surface area contributed by atoms with E-state index >= 15 is 0 Å². The summed E-state index contributed by atoms with van der Waals surface area (Å²) in [4.78, 5) is 32.6. The number of H-pyrrole nitrogens is 1. The Labute approximate surface area is 120 Å². The number of β-amino-alcohol motifs (C(OH)–C–C–N with tert-alkyl or cyclic N) is 1. The number of carbonyl (C=O) groups excluding carboxylic acids is 1. The molecular weight excluding hydrogens is 274 g/mol. The summed E-state index contributed by atoms with van der Waals surface area (Å²) >= 11 is 0. The summed E-state index contributed by atoms with van der Waals surface area (Å²) in [7, 11) is 0. The largest absolute Gasteiger partial charge is 0.442 e. The Hall–Kier alpha value is -2.15. The first kappa shape index (κ1) is 13.8. The topological polar surface area (TPSA) is 99.4 Å². The van der Waals surface area contributed by atoms with Gasteiger partial charge in [-0.2, -0.15) is 0 Å². The lowest BCUT2D eigenvalue weighted by Crippen LogP contribution is -2.46. The van der Waals surface area contributed by atoms with Crippen LogP contribution < -0.4 is 5.56 Å². The number of hydrogen-bond acceptors (Lipinski definition) is 5. The third-order valence-corrected chi connectivity index (χ3v) is 4.09. The third kappa shape index (κ3) is 2.23. The van der Waals surface area contributed by atoms with Gasteiger partial charge in [0, 0.05) is 13.1 Å². The van der Waals surface area contributed by atoms with Crippen molar-refractivity contribution in [1.29, 1.82) is 0 Å². The molecule has 112 valence electrons. The summed E-state index contributed by atoms with van der Waals surface area (Å²) in [6.07, 6.45) is 1.43. The molecule has 2 unspecified atom stereocenters. The number of aliphatic hydroxyl groups is 1. The van der Waals surface area contributed by atoms with E-state index in [0.717, 1.165) is 6.42 Å². The lowest BCUT2D eigenvalue weighted by Gasteiger charge is -2.34. The molecule has 3 rings (SSSR count). The summed E-state index contributed by atoms with van der Waals surface area (Å²) in [6.45, 7) is 4.42. The number of piperidine rings is 1. The van der Waals surface area contributed by atoms with Gasteiger partial charge in [0.2, 0.25) is 5.71 Å². The molecule has 7 nitrogen and oxygen atoms in total. The standard InChI is InChI=1S/C14H17N3O4/c1-7-3-4-17(5-9(7)18)14(20)10-8(2)21-13-11(10)12(19)15-6-16-13/h6-7,9,18H,3-5H2,1-2H3,(H,15,16,19). The summed E-state index contributed by atoms with van der Waals surface area (Å²) in [5, 5.41) is 10.1. The molecule has 1 aliphatic rings. The van der Waals surface area contributed by atoms with Gasteiger partial charge in [0.25, 0.3) is 11.5 Å². The van der Waals surface area contributed by atoms with Crippen LogP contribution in [0.1, 0.15) is 29.5 Å². The highest BCUT2D eigenvalue weighted by atomic mass is 16.3. The van der Waals surface area contributed by atoms with Crippen molar-refractivity contribution < 1.29 is 14.3 Å². The number of carbonyl (C=O) groups is 1. The molecule has 2 aromatic heterocycles. The van der Waals surface area contributed by atoms with Gasteiger partial charge in [-0.3, -0.25) is 9.59 Å². The monoisotopic (exact) mass is 291 g/mol. The second-order valence-electron chi connectivity index (χ2n) is 5.53. The van der Waals surface area contributed by atoms with Crippen molar-refractivity contribution in [2.75, 3.05) is 13.1 Å². The number of amides is 1. The first-order valence-corrected chi connectivity index (χ1v) is 6.93. The van der Waals surface area contributed by atoms with Gasteiger partial charge in [-0.15, -0.1) is 0 Å². The van der Waals surface area contributed by atoms with Crippen LogP contribution in [0.25, 0.3) is 11.1 Å². The number of rotatable bonds is 1. The number of nitrogens with zero attached hydrogens (tertiary/aromatic N) is 2. The number of hydrogen-bond donors (Lipinski definition) is 2. The Morgan fingerprint density at radius 1 is 1.57 bits per heavy atom. The molecule has 1 amide bonds. The minimum Gasteiger partial charge on any atom is -0.442 e. The van der Waals surface area contributed by atoms with Gasteiger partial charge < -0.3 is 19.4 Å². The number of fused-ring (bicyclic) bond motifs is 1. The molecule has 7 heteroatoms. The summed E-state index contributed by atoms with van der Waals surface area (Å²) < 4.78 is 5.40. The molecule has 2 N–H and O–H groups in total. The zero-order valence-corrected chi connectivity index (χ0v) is 11.9. The molecule has 3 heterocycles. The van der Waals surface area contributed by atoms with E-state index in [-0.39, 0.29) is 35.0 Å². The Morgan fingerprint density at radius 3 is 3.05 bits per heavy atom. The number of aromatic amines is 1. The van der Waals surface area contributed by atoms with Gasteiger partial charge in [-0.05, 0) is 19.3 Å². The summed E-state index contributed by atoms with van der Waals surface area (Å²) in [6, 6.07) is 0. The number of furan rings is 1. The van der Waals surface area contributed by atoms with Gasteiger partial charge in [0.05, 0.1) is 18.0 Å². The Kier molecular flexibility index (Phi) is 3.29. The van der Waals surface area contributed by atoms with Gasteiger partial charge in [0.1, 0.15) is 11.1 Å². The van der Waals surface area contributed by atoms with Gasteiger partial charge >= 0.3 is 0 Å². The van der Waals surface area contributed by atoms with Gasteiger partial charge in [-0.25, -0.2) is 4.98 Å². The second kappa shape index (κ2) is 5.00. The Balaban J connectivity index is 2.03. The summed E-state index contributed by atoms with van der Waals surface area (Å²) in [5.74, 6) is 0.240. The van der Waals surface area contributed by atoms with E-state index < -0.39 is 11.7 Å². The van der Waals surface area contributed by atoms with E-state index in [1.807, 2.05) is 6.92 Å². The zero-order valence-electron chi connectivity index (χ0n) is 11.9. The van der Waals surface area contributed by atoms with Crippen LogP contribution in [-0.2, 0) is 0 Å². The van der Waals surface area contributed by atoms with E-state index in [1.54, 1.807) is 11.8 Å². The fourth-order valence-corrected chi connectivity index (χ4v) is 2.70. The van der Waals surface area contributed by atoms with Crippen LogP contribution >= 0.6 is 0 Å². The minimum atomic E-state index is -0.544. The fraction of sp³-hybridized carbons (Fsp3) is 0.500. The van der Waals surface area contributed by atoms with Crippen LogP contribution in [0.3, 0.4) is 0 Å². The van der Waals surface area contributed by atoms with Crippen LogP contribution in [0.5, 0.6) is 0 Å². The maximum absolute atomic E-state index is 12.7. The van der Waals surface area contributed by atoms with Crippen LogP contribution in [-0.4, -0.2) is 45.1 Å². The molecule has 0 aliphatic carbocycles. The number of nitrogens with one attached hydrogen (secondary N) is 1. The molecule has 0 bridgehead atoms. The van der Waals surface area contributed by atoms with Gasteiger partial charge in [-0.1, -0.05) is 6.92 Å². The molecular formula is C14H17N3O4. The fourth-order valence-electron chi connectivity index (χ4n) is 2.70. The summed E-state index contributed by atoms with van der Waals surface area (Å²) in [5.41, 5.74) is -0.00208. The Morgan fingerprint density at radius 2 is 2.33 bits per heavy atom. The predicted molar refractivity (Wildman–Crippen MR) is 75.1 cm³/mol. The highest BCUT2D eigenvalue weighted by molar-refractivity contribution is 6.06. The number of aliphatic hydroxyl groups excluding tert-OH is 1. The van der Waals surface area contributed by atoms with Crippen molar-refractivity contribution in [3.05, 3.63) is 28.0 Å². The normalized spacial score (nSPS) is 22.7. The number of aromatic nitrogens is 2. The highest BCUT2D eigenvalue weighted by Crippen LogP contribution is 2.25. The van der Waals surface area contributed by atoms with Crippen LogP contribution in [0.15, 0.2) is 15.5 Å². The first-order valence-electron chi connectivity index (χ1n) is 6.93. The van der Waals surface area contributed by atoms with E-state index in [1.165, 1.54) is 6.33 Å². The van der Waals surface area contributed by atoms with Crippen molar-refractivity contribution in [1.82, 2.24) is 14.9 Å². The van der Waals surface area contributed by atoms with Gasteiger partial charge in [0.15, 0.2) is 0 Å². The molecule has 2 aromatic rings. The SMILES string of the molecule is Cc1oc2nc[nH]c(=O)c2c1C(=O)N1CCC(C)C(O)C1. The molecule has 2 atom stereocenters. The van der Waals surface area contributed by atoms with Crippen LogP contribution in [0.4, 0.5) is 0 Å². The van der Waals surface area contributed by atoms with Crippen LogP contribution in [0.2, 0.25) is 0 Å². The average molecular weight is 291 g/mol. The molecule has 0 aromatic carbocycles. The lowest BCUT2D eigenvalue weighted by molar-refractivity contribution is 0.0248. The Bertz CT molecular complexity index is 748. The maximum Gasteiger partial charge on any atom is 0.262 e. The molecule has 1 fully saturated rings. The molecule has 0 radical (unpaired) electrons. The van der Waals surface area contributed by atoms with Crippen molar-refractivity contribution in [2.45, 2.75) is 26.4 Å². The first-order chi connectivity index (χ1) is 9.99. The highest BCUT2D eigenvalue weighted by Gasteiger charge is 2.31. The second-order valence-corrected chi connectivity index (χ2v) is 5.53. The molecule has 0 spiro atoms. The van der Waals surface area contributed by atoms with Crippen molar-refractivity contribution >= 4 is 17.0 Å². The quantitative estimate of drug-likeness (QED) is 0.804. The van der Waals surface area contributed by atoms with E-state index in [4.69, 9.17) is 4.42 Å².